The molecule has 16 heavy (non-hydrogen) atoms. The van der Waals surface area contributed by atoms with Crippen molar-refractivity contribution < 1.29 is 4.74 Å². The molecule has 3 heteroatoms. The number of aromatic nitrogens is 1. The van der Waals surface area contributed by atoms with Crippen molar-refractivity contribution in [2.75, 3.05) is 6.61 Å². The average molecular weight is 222 g/mol. The molecule has 1 aromatic rings. The van der Waals surface area contributed by atoms with Crippen molar-refractivity contribution in [1.82, 2.24) is 4.98 Å². The maximum Gasteiger partial charge on any atom is 0.0565 e. The number of ether oxygens (including phenoxy) is 1. The molecule has 0 aliphatic heterocycles. The molecule has 2 atom stereocenters. The van der Waals surface area contributed by atoms with E-state index < -0.39 is 0 Å². The van der Waals surface area contributed by atoms with Gasteiger partial charge in [0.1, 0.15) is 0 Å². The second-order valence-electron chi connectivity index (χ2n) is 4.90. The normalized spacial score (nSPS) is 19.6. The summed E-state index contributed by atoms with van der Waals surface area (Å²) in [7, 11) is 0. The standard InChI is InChI=1S/C13H22N2O/c1-10(16-7-5-11-2-3-11)8-13(14)12-4-6-15-9-12/h4,6,9-11,13,15H,2-3,5,7-8,14H2,1H3. The lowest BCUT2D eigenvalue weighted by molar-refractivity contribution is 0.0517. The molecule has 3 nitrogen and oxygen atoms in total. The van der Waals surface area contributed by atoms with Crippen molar-refractivity contribution in [1.29, 1.82) is 0 Å². The minimum absolute atomic E-state index is 0.0853. The Kier molecular flexibility index (Phi) is 4.02. The lowest BCUT2D eigenvalue weighted by Gasteiger charge is -2.17. The van der Waals surface area contributed by atoms with Crippen molar-refractivity contribution in [3.8, 4) is 0 Å². The Balaban J connectivity index is 1.63. The summed E-state index contributed by atoms with van der Waals surface area (Å²) in [5.41, 5.74) is 7.25. The van der Waals surface area contributed by atoms with Crippen molar-refractivity contribution >= 4 is 0 Å². The van der Waals surface area contributed by atoms with Gasteiger partial charge in [-0.1, -0.05) is 12.8 Å². The number of rotatable bonds is 7. The Morgan fingerprint density at radius 1 is 1.56 bits per heavy atom. The van der Waals surface area contributed by atoms with E-state index in [4.69, 9.17) is 10.5 Å². The zero-order valence-electron chi connectivity index (χ0n) is 9.99. The minimum Gasteiger partial charge on any atom is -0.378 e. The van der Waals surface area contributed by atoms with Crippen LogP contribution in [-0.2, 0) is 4.74 Å². The van der Waals surface area contributed by atoms with E-state index in [-0.39, 0.29) is 12.1 Å². The van der Waals surface area contributed by atoms with Crippen LogP contribution in [0.3, 0.4) is 0 Å². The number of aromatic amines is 1. The Labute approximate surface area is 97.4 Å². The third-order valence-corrected chi connectivity index (χ3v) is 3.26. The van der Waals surface area contributed by atoms with Gasteiger partial charge in [0.25, 0.3) is 0 Å². The summed E-state index contributed by atoms with van der Waals surface area (Å²) in [5, 5.41) is 0. The summed E-state index contributed by atoms with van der Waals surface area (Å²) in [5.74, 6) is 0.950. The van der Waals surface area contributed by atoms with Crippen LogP contribution in [0.25, 0.3) is 0 Å². The third kappa shape index (κ3) is 3.65. The predicted molar refractivity (Wildman–Crippen MR) is 65.1 cm³/mol. The quantitative estimate of drug-likeness (QED) is 0.745. The molecule has 0 aromatic carbocycles. The van der Waals surface area contributed by atoms with E-state index in [1.807, 2.05) is 18.5 Å². The van der Waals surface area contributed by atoms with E-state index in [0.717, 1.165) is 24.5 Å². The van der Waals surface area contributed by atoms with Gasteiger partial charge in [0.2, 0.25) is 0 Å². The highest BCUT2D eigenvalue weighted by molar-refractivity contribution is 5.13. The zero-order chi connectivity index (χ0) is 11.4. The second-order valence-corrected chi connectivity index (χ2v) is 4.90. The van der Waals surface area contributed by atoms with E-state index >= 15 is 0 Å². The van der Waals surface area contributed by atoms with Crippen LogP contribution in [-0.4, -0.2) is 17.7 Å². The Bertz CT molecular complexity index is 293. The first-order valence-corrected chi connectivity index (χ1v) is 6.25. The molecule has 0 bridgehead atoms. The van der Waals surface area contributed by atoms with E-state index in [1.165, 1.54) is 19.3 Å². The topological polar surface area (TPSA) is 51.0 Å². The largest absolute Gasteiger partial charge is 0.378 e. The molecule has 0 spiro atoms. The number of nitrogens with one attached hydrogen (secondary N) is 1. The zero-order valence-corrected chi connectivity index (χ0v) is 9.99. The molecule has 2 unspecified atom stereocenters. The van der Waals surface area contributed by atoms with Gasteiger partial charge in [-0.3, -0.25) is 0 Å². The van der Waals surface area contributed by atoms with Crippen LogP contribution in [0.4, 0.5) is 0 Å². The fraction of sp³-hybridized carbons (Fsp3) is 0.692. The van der Waals surface area contributed by atoms with Gasteiger partial charge < -0.3 is 15.5 Å². The summed E-state index contributed by atoms with van der Waals surface area (Å²) in [4.78, 5) is 3.03. The van der Waals surface area contributed by atoms with Gasteiger partial charge in [0.15, 0.2) is 0 Å². The molecule has 1 heterocycles. The number of hydrogen-bond donors (Lipinski definition) is 2. The Morgan fingerprint density at radius 2 is 2.38 bits per heavy atom. The molecule has 1 aromatic heterocycles. The summed E-state index contributed by atoms with van der Waals surface area (Å²) in [6.07, 6.45) is 9.05. The van der Waals surface area contributed by atoms with Crippen molar-refractivity contribution in [2.45, 2.75) is 44.8 Å². The van der Waals surface area contributed by atoms with Gasteiger partial charge in [-0.15, -0.1) is 0 Å². The molecule has 0 saturated heterocycles. The van der Waals surface area contributed by atoms with Gasteiger partial charge in [-0.2, -0.15) is 0 Å². The molecular weight excluding hydrogens is 200 g/mol. The van der Waals surface area contributed by atoms with E-state index in [1.54, 1.807) is 0 Å². The van der Waals surface area contributed by atoms with Crippen molar-refractivity contribution in [2.24, 2.45) is 11.7 Å². The van der Waals surface area contributed by atoms with E-state index in [2.05, 4.69) is 11.9 Å². The highest BCUT2D eigenvalue weighted by Gasteiger charge is 2.21. The summed E-state index contributed by atoms with van der Waals surface area (Å²) >= 11 is 0. The second kappa shape index (κ2) is 5.51. The number of hydrogen-bond acceptors (Lipinski definition) is 2. The smallest absolute Gasteiger partial charge is 0.0565 e. The molecule has 1 saturated carbocycles. The van der Waals surface area contributed by atoms with Crippen LogP contribution in [0.5, 0.6) is 0 Å². The van der Waals surface area contributed by atoms with Crippen molar-refractivity contribution in [3.05, 3.63) is 24.0 Å². The fourth-order valence-corrected chi connectivity index (χ4v) is 1.97. The first-order chi connectivity index (χ1) is 7.75. The Morgan fingerprint density at radius 3 is 3.00 bits per heavy atom. The molecule has 90 valence electrons. The monoisotopic (exact) mass is 222 g/mol. The summed E-state index contributed by atoms with van der Waals surface area (Å²) in [6, 6.07) is 2.11. The fourth-order valence-electron chi connectivity index (χ4n) is 1.97. The minimum atomic E-state index is 0.0853. The molecule has 3 N–H and O–H groups in total. The number of H-pyrrole nitrogens is 1. The van der Waals surface area contributed by atoms with Crippen LogP contribution in [0.2, 0.25) is 0 Å². The molecular formula is C13H22N2O. The predicted octanol–water partition coefficient (Wildman–Crippen LogP) is 2.61. The van der Waals surface area contributed by atoms with Crippen molar-refractivity contribution in [3.63, 3.8) is 0 Å². The van der Waals surface area contributed by atoms with Gasteiger partial charge in [0.05, 0.1) is 6.10 Å². The third-order valence-electron chi connectivity index (χ3n) is 3.26. The van der Waals surface area contributed by atoms with E-state index in [9.17, 15) is 0 Å². The molecule has 1 fully saturated rings. The average Bonchev–Trinajstić information content (AvgIpc) is 2.91. The van der Waals surface area contributed by atoms with Crippen LogP contribution in [0, 0.1) is 5.92 Å². The van der Waals surface area contributed by atoms with Gasteiger partial charge in [-0.25, -0.2) is 0 Å². The van der Waals surface area contributed by atoms with Gasteiger partial charge in [-0.05, 0) is 37.3 Å². The molecule has 1 aliphatic carbocycles. The van der Waals surface area contributed by atoms with Gasteiger partial charge >= 0.3 is 0 Å². The molecule has 2 rings (SSSR count). The first kappa shape index (κ1) is 11.7. The summed E-state index contributed by atoms with van der Waals surface area (Å²) < 4.78 is 5.77. The van der Waals surface area contributed by atoms with E-state index in [0.29, 0.717) is 0 Å². The van der Waals surface area contributed by atoms with Crippen LogP contribution in [0.1, 0.15) is 44.2 Å². The molecule has 1 aliphatic rings. The van der Waals surface area contributed by atoms with Crippen LogP contribution >= 0.6 is 0 Å². The van der Waals surface area contributed by atoms with Gasteiger partial charge in [0, 0.05) is 25.0 Å². The van der Waals surface area contributed by atoms with Crippen LogP contribution in [0.15, 0.2) is 18.5 Å². The maximum atomic E-state index is 6.08. The summed E-state index contributed by atoms with van der Waals surface area (Å²) in [6.45, 7) is 3.01. The lowest BCUT2D eigenvalue weighted by Crippen LogP contribution is -2.19. The highest BCUT2D eigenvalue weighted by atomic mass is 16.5. The molecule has 0 radical (unpaired) electrons. The molecule has 0 amide bonds. The lowest BCUT2D eigenvalue weighted by atomic mass is 10.1. The highest BCUT2D eigenvalue weighted by Crippen LogP contribution is 2.32. The number of nitrogens with two attached hydrogens (primary N) is 1. The SMILES string of the molecule is CC(CC(N)c1cc[nH]c1)OCCC1CC1. The first-order valence-electron chi connectivity index (χ1n) is 6.25. The maximum absolute atomic E-state index is 6.08. The van der Waals surface area contributed by atoms with Crippen LogP contribution < -0.4 is 5.73 Å². The Hall–Kier alpha value is -0.800.